The lowest BCUT2D eigenvalue weighted by Gasteiger charge is -2.05. The van der Waals surface area contributed by atoms with Crippen LogP contribution < -0.4 is 5.73 Å². The minimum absolute atomic E-state index is 0.256. The van der Waals surface area contributed by atoms with E-state index >= 15 is 0 Å². The number of fused-ring (bicyclic) bond motifs is 1. The number of nitrogens with zero attached hydrogens (tertiary/aromatic N) is 1. The SMILES string of the molecule is N[C@@H](Cc1cn(Cc2cccc(F)c2)c2ccccc12)C(=O)O. The second-order valence-electron chi connectivity index (χ2n) is 5.58. The van der Waals surface area contributed by atoms with E-state index in [9.17, 15) is 9.18 Å². The number of carboxylic acid groups (broad SMARTS) is 1. The maximum atomic E-state index is 13.4. The van der Waals surface area contributed by atoms with Crippen LogP contribution in [0.3, 0.4) is 0 Å². The molecule has 0 saturated heterocycles. The van der Waals surface area contributed by atoms with Crippen LogP contribution in [0.2, 0.25) is 0 Å². The first-order valence-electron chi connectivity index (χ1n) is 7.34. The summed E-state index contributed by atoms with van der Waals surface area (Å²) in [6, 6.07) is 13.2. The molecule has 0 radical (unpaired) electrons. The molecule has 0 bridgehead atoms. The number of para-hydroxylation sites is 1. The molecule has 1 atom stereocenters. The molecule has 2 aromatic carbocycles. The van der Waals surface area contributed by atoms with E-state index in [1.165, 1.54) is 12.1 Å². The highest BCUT2D eigenvalue weighted by Crippen LogP contribution is 2.23. The molecule has 3 rings (SSSR count). The maximum Gasteiger partial charge on any atom is 0.320 e. The summed E-state index contributed by atoms with van der Waals surface area (Å²) in [5.41, 5.74) is 8.37. The molecule has 0 saturated carbocycles. The van der Waals surface area contributed by atoms with Crippen LogP contribution in [0.1, 0.15) is 11.1 Å². The van der Waals surface area contributed by atoms with Gasteiger partial charge in [0.25, 0.3) is 0 Å². The Morgan fingerprint density at radius 2 is 2.00 bits per heavy atom. The van der Waals surface area contributed by atoms with Gasteiger partial charge in [-0.2, -0.15) is 0 Å². The van der Waals surface area contributed by atoms with Crippen molar-refractivity contribution in [2.24, 2.45) is 5.73 Å². The van der Waals surface area contributed by atoms with Crippen LogP contribution in [-0.4, -0.2) is 21.7 Å². The summed E-state index contributed by atoms with van der Waals surface area (Å²) >= 11 is 0. The van der Waals surface area contributed by atoms with E-state index in [1.54, 1.807) is 6.07 Å². The Kier molecular flexibility index (Phi) is 4.12. The highest BCUT2D eigenvalue weighted by Gasteiger charge is 2.16. The van der Waals surface area contributed by atoms with E-state index in [0.29, 0.717) is 6.54 Å². The predicted molar refractivity (Wildman–Crippen MR) is 86.8 cm³/mol. The summed E-state index contributed by atoms with van der Waals surface area (Å²) in [7, 11) is 0. The van der Waals surface area contributed by atoms with Crippen molar-refractivity contribution in [3.63, 3.8) is 0 Å². The van der Waals surface area contributed by atoms with Gasteiger partial charge < -0.3 is 15.4 Å². The van der Waals surface area contributed by atoms with Crippen molar-refractivity contribution in [3.05, 3.63) is 71.7 Å². The van der Waals surface area contributed by atoms with Crippen LogP contribution in [0.4, 0.5) is 4.39 Å². The summed E-state index contributed by atoms with van der Waals surface area (Å²) in [5.74, 6) is -1.29. The zero-order valence-electron chi connectivity index (χ0n) is 12.4. The predicted octanol–water partition coefficient (Wildman–Crippen LogP) is 2.78. The molecule has 0 fully saturated rings. The first-order chi connectivity index (χ1) is 11.0. The van der Waals surface area contributed by atoms with Gasteiger partial charge in [-0.1, -0.05) is 30.3 Å². The second kappa shape index (κ2) is 6.22. The van der Waals surface area contributed by atoms with Crippen LogP contribution in [-0.2, 0) is 17.8 Å². The third kappa shape index (κ3) is 3.24. The average Bonchev–Trinajstić information content (AvgIpc) is 2.85. The molecule has 1 aromatic heterocycles. The number of carboxylic acids is 1. The van der Waals surface area contributed by atoms with E-state index in [1.807, 2.05) is 41.1 Å². The van der Waals surface area contributed by atoms with Crippen molar-refractivity contribution in [2.75, 3.05) is 0 Å². The van der Waals surface area contributed by atoms with E-state index in [4.69, 9.17) is 10.8 Å². The largest absolute Gasteiger partial charge is 0.480 e. The molecule has 23 heavy (non-hydrogen) atoms. The Morgan fingerprint density at radius 1 is 1.22 bits per heavy atom. The lowest BCUT2D eigenvalue weighted by atomic mass is 10.1. The molecule has 3 N–H and O–H groups in total. The molecule has 0 amide bonds. The fourth-order valence-corrected chi connectivity index (χ4v) is 2.77. The topological polar surface area (TPSA) is 68.2 Å². The highest BCUT2D eigenvalue weighted by atomic mass is 19.1. The Morgan fingerprint density at radius 3 is 2.74 bits per heavy atom. The van der Waals surface area contributed by atoms with Crippen molar-refractivity contribution >= 4 is 16.9 Å². The molecule has 0 aliphatic carbocycles. The van der Waals surface area contributed by atoms with Gasteiger partial charge in [0.15, 0.2) is 0 Å². The third-order valence-corrected chi connectivity index (χ3v) is 3.87. The van der Waals surface area contributed by atoms with Crippen molar-refractivity contribution in [1.82, 2.24) is 4.57 Å². The normalized spacial score (nSPS) is 12.4. The summed E-state index contributed by atoms with van der Waals surface area (Å²) in [6.07, 6.45) is 2.16. The zero-order chi connectivity index (χ0) is 16.4. The third-order valence-electron chi connectivity index (χ3n) is 3.87. The smallest absolute Gasteiger partial charge is 0.320 e. The summed E-state index contributed by atoms with van der Waals surface area (Å²) in [5, 5.41) is 9.99. The van der Waals surface area contributed by atoms with Crippen molar-refractivity contribution in [3.8, 4) is 0 Å². The Bertz CT molecular complexity index is 857. The van der Waals surface area contributed by atoms with Gasteiger partial charge in [0.05, 0.1) is 0 Å². The molecule has 0 spiro atoms. The molecule has 4 nitrogen and oxygen atoms in total. The molecule has 0 aliphatic rings. The number of nitrogens with two attached hydrogens (primary N) is 1. The molecule has 1 heterocycles. The van der Waals surface area contributed by atoms with Gasteiger partial charge in [0, 0.05) is 30.1 Å². The summed E-state index contributed by atoms with van der Waals surface area (Å²) in [4.78, 5) is 11.0. The fraction of sp³-hybridized carbons (Fsp3) is 0.167. The molecular formula is C18H17FN2O2. The molecule has 3 aromatic rings. The number of aliphatic carboxylic acids is 1. The zero-order valence-corrected chi connectivity index (χ0v) is 12.4. The minimum atomic E-state index is -1.02. The molecule has 5 heteroatoms. The van der Waals surface area contributed by atoms with Gasteiger partial charge in [-0.3, -0.25) is 4.79 Å². The van der Waals surface area contributed by atoms with Crippen LogP contribution in [0, 0.1) is 5.82 Å². The molecule has 0 unspecified atom stereocenters. The first-order valence-corrected chi connectivity index (χ1v) is 7.34. The van der Waals surface area contributed by atoms with Gasteiger partial charge in [0.1, 0.15) is 11.9 Å². The second-order valence-corrected chi connectivity index (χ2v) is 5.58. The average molecular weight is 312 g/mol. The Balaban J connectivity index is 1.99. The maximum absolute atomic E-state index is 13.4. The molecule has 0 aliphatic heterocycles. The standard InChI is InChI=1S/C18H17FN2O2/c19-14-5-3-4-12(8-14)10-21-11-13(9-16(20)18(22)23)15-6-1-2-7-17(15)21/h1-8,11,16H,9-10,20H2,(H,22,23)/t16-/m0/s1. The number of halogens is 1. The monoisotopic (exact) mass is 312 g/mol. The number of carbonyl (C=O) groups is 1. The van der Waals surface area contributed by atoms with Gasteiger partial charge in [-0.05, 0) is 29.3 Å². The van der Waals surface area contributed by atoms with Crippen molar-refractivity contribution in [1.29, 1.82) is 0 Å². The quantitative estimate of drug-likeness (QED) is 0.761. The highest BCUT2D eigenvalue weighted by molar-refractivity contribution is 5.85. The Hall–Kier alpha value is -2.66. The number of hydrogen-bond acceptors (Lipinski definition) is 2. The van der Waals surface area contributed by atoms with Gasteiger partial charge in [-0.15, -0.1) is 0 Å². The molecule has 118 valence electrons. The number of benzene rings is 2. The Labute approximate surface area is 133 Å². The molecular weight excluding hydrogens is 295 g/mol. The minimum Gasteiger partial charge on any atom is -0.480 e. The van der Waals surface area contributed by atoms with Gasteiger partial charge in [0.2, 0.25) is 0 Å². The van der Waals surface area contributed by atoms with Crippen molar-refractivity contribution in [2.45, 2.75) is 19.0 Å². The van der Waals surface area contributed by atoms with Crippen LogP contribution in [0.25, 0.3) is 10.9 Å². The van der Waals surface area contributed by atoms with Crippen LogP contribution in [0.5, 0.6) is 0 Å². The van der Waals surface area contributed by atoms with Crippen molar-refractivity contribution < 1.29 is 14.3 Å². The summed E-state index contributed by atoms with van der Waals surface area (Å²) in [6.45, 7) is 0.514. The van der Waals surface area contributed by atoms with E-state index in [0.717, 1.165) is 22.0 Å². The van der Waals surface area contributed by atoms with E-state index in [-0.39, 0.29) is 12.2 Å². The van der Waals surface area contributed by atoms with E-state index in [2.05, 4.69) is 0 Å². The fourth-order valence-electron chi connectivity index (χ4n) is 2.77. The van der Waals surface area contributed by atoms with Crippen LogP contribution >= 0.6 is 0 Å². The number of hydrogen-bond donors (Lipinski definition) is 2. The summed E-state index contributed by atoms with van der Waals surface area (Å²) < 4.78 is 15.4. The number of rotatable bonds is 5. The number of aromatic nitrogens is 1. The van der Waals surface area contributed by atoms with Gasteiger partial charge >= 0.3 is 5.97 Å². The van der Waals surface area contributed by atoms with Gasteiger partial charge in [-0.25, -0.2) is 4.39 Å². The van der Waals surface area contributed by atoms with E-state index < -0.39 is 12.0 Å². The van der Waals surface area contributed by atoms with Crippen LogP contribution in [0.15, 0.2) is 54.7 Å². The first kappa shape index (κ1) is 15.2. The lowest BCUT2D eigenvalue weighted by molar-refractivity contribution is -0.138. The lowest BCUT2D eigenvalue weighted by Crippen LogP contribution is -2.32.